The van der Waals surface area contributed by atoms with Crippen molar-refractivity contribution in [1.29, 1.82) is 0 Å². The van der Waals surface area contributed by atoms with Gasteiger partial charge >= 0.3 is 6.16 Å². The minimum absolute atomic E-state index is 0.171. The van der Waals surface area contributed by atoms with Crippen molar-refractivity contribution in [1.82, 2.24) is 0 Å². The first kappa shape index (κ1) is 10.4. The van der Waals surface area contributed by atoms with E-state index in [9.17, 15) is 4.79 Å². The first-order valence-electron chi connectivity index (χ1n) is 6.39. The molecule has 0 aromatic carbocycles. The van der Waals surface area contributed by atoms with E-state index in [1.807, 2.05) is 0 Å². The Balaban J connectivity index is 1.80. The summed E-state index contributed by atoms with van der Waals surface area (Å²) in [7, 11) is 1.39. The minimum atomic E-state index is -0.491. The first-order chi connectivity index (χ1) is 7.62. The van der Waals surface area contributed by atoms with E-state index in [1.165, 1.54) is 20.0 Å². The zero-order chi connectivity index (χ0) is 11.3. The van der Waals surface area contributed by atoms with E-state index >= 15 is 0 Å². The third-order valence-corrected chi connectivity index (χ3v) is 5.15. The van der Waals surface area contributed by atoms with Crippen LogP contribution in [-0.4, -0.2) is 18.9 Å². The van der Waals surface area contributed by atoms with Gasteiger partial charge in [0.05, 0.1) is 7.11 Å². The molecule has 0 aromatic rings. The van der Waals surface area contributed by atoms with Gasteiger partial charge in [-0.2, -0.15) is 0 Å². The van der Waals surface area contributed by atoms with Crippen LogP contribution in [0.15, 0.2) is 0 Å². The molecule has 4 rings (SSSR count). The lowest BCUT2D eigenvalue weighted by atomic mass is 9.50. The molecule has 3 heteroatoms. The van der Waals surface area contributed by atoms with Crippen LogP contribution in [0.25, 0.3) is 0 Å². The molecule has 4 saturated carbocycles. The largest absolute Gasteiger partial charge is 0.508 e. The normalized spacial score (nSPS) is 49.1. The predicted octanol–water partition coefficient (Wildman–Crippen LogP) is 2.98. The number of carbonyl (C=O) groups excluding carboxylic acids is 1. The first-order valence-corrected chi connectivity index (χ1v) is 6.39. The summed E-state index contributed by atoms with van der Waals surface area (Å²) in [6.45, 7) is 2.37. The highest BCUT2D eigenvalue weighted by Crippen LogP contribution is 2.59. The zero-order valence-electron chi connectivity index (χ0n) is 10.1. The summed E-state index contributed by atoms with van der Waals surface area (Å²) in [5, 5.41) is 0. The summed E-state index contributed by atoms with van der Waals surface area (Å²) in [6.07, 6.45) is 5.41. The van der Waals surface area contributed by atoms with E-state index < -0.39 is 6.16 Å². The van der Waals surface area contributed by atoms with Gasteiger partial charge in [0.25, 0.3) is 0 Å². The highest BCUT2D eigenvalue weighted by molar-refractivity contribution is 5.60. The SMILES string of the molecule is COC(=O)OC12CC3CC(C1)C(C)[C@H](C3)C2. The van der Waals surface area contributed by atoms with E-state index in [4.69, 9.17) is 4.74 Å². The monoisotopic (exact) mass is 224 g/mol. The van der Waals surface area contributed by atoms with E-state index in [0.717, 1.165) is 42.9 Å². The van der Waals surface area contributed by atoms with Crippen LogP contribution in [0.1, 0.15) is 39.0 Å². The smallest absolute Gasteiger partial charge is 0.438 e. The molecule has 0 spiro atoms. The second kappa shape index (κ2) is 3.38. The fourth-order valence-corrected chi connectivity index (χ4v) is 4.55. The molecular formula is C13H20O3. The van der Waals surface area contributed by atoms with E-state index in [1.54, 1.807) is 0 Å². The molecule has 0 heterocycles. The van der Waals surface area contributed by atoms with Crippen LogP contribution in [0.5, 0.6) is 0 Å². The lowest BCUT2D eigenvalue weighted by molar-refractivity contribution is -0.159. The standard InChI is InChI=1S/C13H20O3/c1-8-10-3-9-4-11(8)7-13(5-9,6-10)16-12(14)15-2/h8-11H,3-7H2,1-2H3/t8?,9?,10-,11?,13?/m1/s1. The average molecular weight is 224 g/mol. The highest BCUT2D eigenvalue weighted by atomic mass is 16.7. The number of methoxy groups -OCH3 is 1. The van der Waals surface area contributed by atoms with E-state index in [2.05, 4.69) is 11.7 Å². The molecule has 5 atom stereocenters. The molecule has 4 aliphatic rings. The quantitative estimate of drug-likeness (QED) is 0.642. The Morgan fingerprint density at radius 2 is 1.81 bits per heavy atom. The maximum atomic E-state index is 11.3. The van der Waals surface area contributed by atoms with Gasteiger partial charge in [-0.05, 0) is 55.8 Å². The van der Waals surface area contributed by atoms with Gasteiger partial charge in [-0.3, -0.25) is 0 Å². The predicted molar refractivity (Wildman–Crippen MR) is 58.9 cm³/mol. The molecule has 0 saturated heterocycles. The van der Waals surface area contributed by atoms with Gasteiger partial charge in [0.1, 0.15) is 5.60 Å². The third-order valence-electron chi connectivity index (χ3n) is 5.15. The van der Waals surface area contributed by atoms with Gasteiger partial charge < -0.3 is 9.47 Å². The van der Waals surface area contributed by atoms with Gasteiger partial charge in [-0.1, -0.05) is 6.92 Å². The number of carbonyl (C=O) groups is 1. The summed E-state index contributed by atoms with van der Waals surface area (Å²) in [4.78, 5) is 11.3. The maximum Gasteiger partial charge on any atom is 0.508 e. The van der Waals surface area contributed by atoms with Crippen molar-refractivity contribution < 1.29 is 14.3 Å². The molecule has 0 amide bonds. The van der Waals surface area contributed by atoms with Crippen molar-refractivity contribution in [2.45, 2.75) is 44.6 Å². The minimum Gasteiger partial charge on any atom is -0.438 e. The summed E-state index contributed by atoms with van der Waals surface area (Å²) in [5.41, 5.74) is -0.171. The summed E-state index contributed by atoms with van der Waals surface area (Å²) in [5.74, 6) is 3.16. The second-order valence-electron chi connectivity index (χ2n) is 6.07. The van der Waals surface area contributed by atoms with Crippen molar-refractivity contribution in [3.05, 3.63) is 0 Å². The number of ether oxygens (including phenoxy) is 2. The number of hydrogen-bond acceptors (Lipinski definition) is 3. The molecule has 0 N–H and O–H groups in total. The lowest BCUT2D eigenvalue weighted by Crippen LogP contribution is -2.55. The van der Waals surface area contributed by atoms with Crippen molar-refractivity contribution in [2.24, 2.45) is 23.7 Å². The van der Waals surface area contributed by atoms with Crippen LogP contribution >= 0.6 is 0 Å². The zero-order valence-corrected chi connectivity index (χ0v) is 10.1. The molecule has 4 aliphatic carbocycles. The number of hydrogen-bond donors (Lipinski definition) is 0. The maximum absolute atomic E-state index is 11.3. The molecule has 4 bridgehead atoms. The van der Waals surface area contributed by atoms with E-state index in [-0.39, 0.29) is 5.60 Å². The molecule has 4 unspecified atom stereocenters. The second-order valence-corrected chi connectivity index (χ2v) is 6.07. The fourth-order valence-electron chi connectivity index (χ4n) is 4.55. The Labute approximate surface area is 96.5 Å². The van der Waals surface area contributed by atoms with Crippen molar-refractivity contribution in [2.75, 3.05) is 7.11 Å². The van der Waals surface area contributed by atoms with Gasteiger partial charge in [0.15, 0.2) is 0 Å². The Bertz CT molecular complexity index is 296. The van der Waals surface area contributed by atoms with Crippen LogP contribution in [0, 0.1) is 23.7 Å². The van der Waals surface area contributed by atoms with Gasteiger partial charge in [0, 0.05) is 0 Å². The number of rotatable bonds is 1. The van der Waals surface area contributed by atoms with Gasteiger partial charge in [-0.15, -0.1) is 0 Å². The van der Waals surface area contributed by atoms with Crippen molar-refractivity contribution in [3.63, 3.8) is 0 Å². The van der Waals surface area contributed by atoms with Crippen molar-refractivity contribution >= 4 is 6.16 Å². The van der Waals surface area contributed by atoms with Crippen LogP contribution in [0.3, 0.4) is 0 Å². The Kier molecular flexibility index (Phi) is 2.20. The lowest BCUT2D eigenvalue weighted by Gasteiger charge is -2.58. The molecular weight excluding hydrogens is 204 g/mol. The van der Waals surface area contributed by atoms with Crippen LogP contribution in [0.2, 0.25) is 0 Å². The van der Waals surface area contributed by atoms with Crippen LogP contribution < -0.4 is 0 Å². The Hall–Kier alpha value is -0.730. The topological polar surface area (TPSA) is 35.5 Å². The summed E-state index contributed by atoms with van der Waals surface area (Å²) < 4.78 is 10.2. The summed E-state index contributed by atoms with van der Waals surface area (Å²) in [6, 6.07) is 0. The van der Waals surface area contributed by atoms with Gasteiger partial charge in [-0.25, -0.2) is 4.79 Å². The fraction of sp³-hybridized carbons (Fsp3) is 0.923. The molecule has 16 heavy (non-hydrogen) atoms. The molecule has 0 radical (unpaired) electrons. The molecule has 90 valence electrons. The Morgan fingerprint density at radius 1 is 1.19 bits per heavy atom. The molecule has 0 aromatic heterocycles. The van der Waals surface area contributed by atoms with Crippen molar-refractivity contribution in [3.8, 4) is 0 Å². The van der Waals surface area contributed by atoms with Crippen LogP contribution in [-0.2, 0) is 9.47 Å². The van der Waals surface area contributed by atoms with E-state index in [0.29, 0.717) is 0 Å². The highest BCUT2D eigenvalue weighted by Gasteiger charge is 2.56. The molecule has 3 nitrogen and oxygen atoms in total. The third kappa shape index (κ3) is 1.44. The van der Waals surface area contributed by atoms with Gasteiger partial charge in [0.2, 0.25) is 0 Å². The summed E-state index contributed by atoms with van der Waals surface area (Å²) >= 11 is 0. The molecule has 0 aliphatic heterocycles. The Morgan fingerprint density at radius 3 is 2.38 bits per heavy atom. The average Bonchev–Trinajstić information content (AvgIpc) is 2.24. The van der Waals surface area contributed by atoms with Crippen LogP contribution in [0.4, 0.5) is 4.79 Å². The molecule has 4 fully saturated rings.